The van der Waals surface area contributed by atoms with Gasteiger partial charge in [0.2, 0.25) is 11.8 Å². The van der Waals surface area contributed by atoms with Crippen molar-refractivity contribution in [3.05, 3.63) is 65.2 Å². The maximum absolute atomic E-state index is 12.4. The van der Waals surface area contributed by atoms with Crippen LogP contribution in [0, 0.1) is 0 Å². The van der Waals surface area contributed by atoms with Gasteiger partial charge < -0.3 is 10.2 Å². The Labute approximate surface area is 175 Å². The van der Waals surface area contributed by atoms with Gasteiger partial charge in [0.1, 0.15) is 0 Å². The summed E-state index contributed by atoms with van der Waals surface area (Å²) in [5, 5.41) is 3.43. The van der Waals surface area contributed by atoms with E-state index in [0.29, 0.717) is 16.5 Å². The van der Waals surface area contributed by atoms with E-state index >= 15 is 0 Å². The molecule has 148 valence electrons. The number of carbonyl (C=O) groups excluding carboxylic acids is 2. The molecule has 1 saturated heterocycles. The van der Waals surface area contributed by atoms with Crippen molar-refractivity contribution in [2.75, 3.05) is 43.0 Å². The van der Waals surface area contributed by atoms with Crippen molar-refractivity contribution in [1.29, 1.82) is 0 Å². The molecule has 2 aromatic carbocycles. The fourth-order valence-corrected chi connectivity index (χ4v) is 3.89. The largest absolute Gasteiger partial charge is 0.339 e. The minimum absolute atomic E-state index is 0.101. The molecule has 1 fully saturated rings. The number of nitrogens with zero attached hydrogens (tertiary/aromatic N) is 2. The van der Waals surface area contributed by atoms with E-state index in [1.165, 1.54) is 17.3 Å². The zero-order valence-corrected chi connectivity index (χ0v) is 17.2. The number of hydrogen-bond donors (Lipinski definition) is 1. The monoisotopic (exact) mass is 417 g/mol. The third kappa shape index (κ3) is 6.55. The van der Waals surface area contributed by atoms with Gasteiger partial charge in [-0.2, -0.15) is 0 Å². The highest BCUT2D eigenvalue weighted by Crippen LogP contribution is 2.14. The second kappa shape index (κ2) is 10.5. The summed E-state index contributed by atoms with van der Waals surface area (Å²) in [5.74, 6) is 0.561. The SMILES string of the molecule is O=C(CSCC(=O)N1CCN(Cc2ccccc2)CC1)Nc1ccc(Cl)cc1. The number of nitrogens with one attached hydrogen (secondary N) is 1. The molecule has 0 atom stereocenters. The summed E-state index contributed by atoms with van der Waals surface area (Å²) in [6.07, 6.45) is 0. The fraction of sp³-hybridized carbons (Fsp3) is 0.333. The predicted molar refractivity (Wildman–Crippen MR) is 116 cm³/mol. The summed E-state index contributed by atoms with van der Waals surface area (Å²) in [6.45, 7) is 4.15. The molecule has 1 N–H and O–H groups in total. The second-order valence-corrected chi connectivity index (χ2v) is 8.11. The zero-order valence-electron chi connectivity index (χ0n) is 15.6. The molecular formula is C21H24ClN3O2S. The molecular weight excluding hydrogens is 394 g/mol. The molecule has 2 aromatic rings. The molecule has 0 aliphatic carbocycles. The van der Waals surface area contributed by atoms with Crippen molar-refractivity contribution < 1.29 is 9.59 Å². The van der Waals surface area contributed by atoms with Crippen molar-refractivity contribution >= 4 is 40.9 Å². The molecule has 1 aliphatic heterocycles. The van der Waals surface area contributed by atoms with Crippen LogP contribution in [0.25, 0.3) is 0 Å². The summed E-state index contributed by atoms with van der Waals surface area (Å²) in [6, 6.07) is 17.3. The Morgan fingerprint density at radius 1 is 0.929 bits per heavy atom. The van der Waals surface area contributed by atoms with Crippen LogP contribution in [0.4, 0.5) is 5.69 Å². The lowest BCUT2D eigenvalue weighted by Gasteiger charge is -2.34. The molecule has 5 nitrogen and oxygen atoms in total. The normalized spacial score (nSPS) is 14.7. The Morgan fingerprint density at radius 2 is 1.61 bits per heavy atom. The summed E-state index contributed by atoms with van der Waals surface area (Å²) < 4.78 is 0. The number of amides is 2. The number of carbonyl (C=O) groups is 2. The van der Waals surface area contributed by atoms with Gasteiger partial charge in [-0.1, -0.05) is 41.9 Å². The third-order valence-electron chi connectivity index (χ3n) is 4.56. The average molecular weight is 418 g/mol. The quantitative estimate of drug-likeness (QED) is 0.750. The van der Waals surface area contributed by atoms with Gasteiger partial charge in [0, 0.05) is 43.4 Å². The first-order valence-corrected chi connectivity index (χ1v) is 10.8. The summed E-state index contributed by atoms with van der Waals surface area (Å²) >= 11 is 7.17. The van der Waals surface area contributed by atoms with Crippen molar-refractivity contribution in [2.45, 2.75) is 6.54 Å². The first-order valence-electron chi connectivity index (χ1n) is 9.27. The van der Waals surface area contributed by atoms with Crippen LogP contribution in [-0.4, -0.2) is 59.3 Å². The highest BCUT2D eigenvalue weighted by atomic mass is 35.5. The van der Waals surface area contributed by atoms with Crippen molar-refractivity contribution in [3.63, 3.8) is 0 Å². The molecule has 0 unspecified atom stereocenters. The molecule has 28 heavy (non-hydrogen) atoms. The molecule has 3 rings (SSSR count). The van der Waals surface area contributed by atoms with Crippen LogP contribution in [0.2, 0.25) is 5.02 Å². The van der Waals surface area contributed by atoms with Crippen molar-refractivity contribution in [2.24, 2.45) is 0 Å². The topological polar surface area (TPSA) is 52.7 Å². The number of rotatable bonds is 7. The lowest BCUT2D eigenvalue weighted by Crippen LogP contribution is -2.48. The van der Waals surface area contributed by atoms with Crippen LogP contribution >= 0.6 is 23.4 Å². The van der Waals surface area contributed by atoms with Crippen molar-refractivity contribution in [3.8, 4) is 0 Å². The lowest BCUT2D eigenvalue weighted by molar-refractivity contribution is -0.130. The van der Waals surface area contributed by atoms with E-state index < -0.39 is 0 Å². The minimum atomic E-state index is -0.118. The van der Waals surface area contributed by atoms with Crippen LogP contribution < -0.4 is 5.32 Å². The highest BCUT2D eigenvalue weighted by Gasteiger charge is 2.21. The van der Waals surface area contributed by atoms with E-state index in [1.807, 2.05) is 11.0 Å². The van der Waals surface area contributed by atoms with Crippen LogP contribution in [-0.2, 0) is 16.1 Å². The number of halogens is 1. The number of hydrogen-bond acceptors (Lipinski definition) is 4. The Bertz CT molecular complexity index is 778. The Hall–Kier alpha value is -2.02. The van der Waals surface area contributed by atoms with Gasteiger partial charge in [-0.15, -0.1) is 11.8 Å². The fourth-order valence-electron chi connectivity index (χ4n) is 3.05. The van der Waals surface area contributed by atoms with Crippen LogP contribution in [0.5, 0.6) is 0 Å². The minimum Gasteiger partial charge on any atom is -0.339 e. The Morgan fingerprint density at radius 3 is 2.29 bits per heavy atom. The predicted octanol–water partition coefficient (Wildman–Crippen LogP) is 3.36. The third-order valence-corrected chi connectivity index (χ3v) is 5.73. The molecule has 0 saturated carbocycles. The molecule has 1 aliphatic rings. The van der Waals surface area contributed by atoms with E-state index in [4.69, 9.17) is 11.6 Å². The van der Waals surface area contributed by atoms with Gasteiger partial charge in [-0.05, 0) is 29.8 Å². The van der Waals surface area contributed by atoms with Gasteiger partial charge in [0.05, 0.1) is 11.5 Å². The van der Waals surface area contributed by atoms with E-state index in [2.05, 4.69) is 34.5 Å². The maximum atomic E-state index is 12.4. The maximum Gasteiger partial charge on any atom is 0.234 e. The zero-order chi connectivity index (χ0) is 19.8. The van der Waals surface area contributed by atoms with Gasteiger partial charge in [0.15, 0.2) is 0 Å². The summed E-state index contributed by atoms with van der Waals surface area (Å²) in [7, 11) is 0. The average Bonchev–Trinajstić information content (AvgIpc) is 2.71. The lowest BCUT2D eigenvalue weighted by atomic mass is 10.2. The Balaban J connectivity index is 1.33. The number of benzene rings is 2. The summed E-state index contributed by atoms with van der Waals surface area (Å²) in [4.78, 5) is 28.6. The van der Waals surface area contributed by atoms with E-state index in [1.54, 1.807) is 24.3 Å². The van der Waals surface area contributed by atoms with Crippen LogP contribution in [0.3, 0.4) is 0 Å². The number of anilines is 1. The smallest absolute Gasteiger partial charge is 0.234 e. The standard InChI is InChI=1S/C21H24ClN3O2S/c22-18-6-8-19(9-7-18)23-20(26)15-28-16-21(27)25-12-10-24(11-13-25)14-17-4-2-1-3-5-17/h1-9H,10-16H2,(H,23,26). The molecule has 0 aromatic heterocycles. The van der Waals surface area contributed by atoms with Gasteiger partial charge in [0.25, 0.3) is 0 Å². The van der Waals surface area contributed by atoms with Crippen LogP contribution in [0.1, 0.15) is 5.56 Å². The molecule has 0 spiro atoms. The molecule has 7 heteroatoms. The number of thioether (sulfide) groups is 1. The number of piperazine rings is 1. The van der Waals surface area contributed by atoms with Gasteiger partial charge in [-0.25, -0.2) is 0 Å². The van der Waals surface area contributed by atoms with E-state index in [-0.39, 0.29) is 17.6 Å². The van der Waals surface area contributed by atoms with Crippen molar-refractivity contribution in [1.82, 2.24) is 9.80 Å². The van der Waals surface area contributed by atoms with Gasteiger partial charge in [-0.3, -0.25) is 14.5 Å². The second-order valence-electron chi connectivity index (χ2n) is 6.69. The van der Waals surface area contributed by atoms with Gasteiger partial charge >= 0.3 is 0 Å². The van der Waals surface area contributed by atoms with E-state index in [9.17, 15) is 9.59 Å². The Kier molecular flexibility index (Phi) is 7.77. The first-order chi connectivity index (χ1) is 13.6. The van der Waals surface area contributed by atoms with Crippen LogP contribution in [0.15, 0.2) is 54.6 Å². The molecule has 1 heterocycles. The molecule has 0 bridgehead atoms. The molecule has 2 amide bonds. The highest BCUT2D eigenvalue weighted by molar-refractivity contribution is 8.00. The first kappa shape index (κ1) is 20.7. The summed E-state index contributed by atoms with van der Waals surface area (Å²) in [5.41, 5.74) is 2.00. The van der Waals surface area contributed by atoms with E-state index in [0.717, 1.165) is 32.7 Å². The molecule has 0 radical (unpaired) electrons.